The minimum Gasteiger partial charge on any atom is -0.355 e. The average Bonchev–Trinajstić information content (AvgIpc) is 3.05. The summed E-state index contributed by atoms with van der Waals surface area (Å²) in [4.78, 5) is 11.6. The van der Waals surface area contributed by atoms with E-state index < -0.39 is 0 Å². The normalized spacial score (nSPS) is 16.6. The van der Waals surface area contributed by atoms with Crippen LogP contribution in [0.2, 0.25) is 0 Å². The highest BCUT2D eigenvalue weighted by Crippen LogP contribution is 2.20. The van der Waals surface area contributed by atoms with E-state index in [0.29, 0.717) is 5.92 Å². The molecule has 1 saturated heterocycles. The molecule has 0 saturated carbocycles. The molecule has 7 heteroatoms. The van der Waals surface area contributed by atoms with Gasteiger partial charge in [-0.2, -0.15) is 0 Å². The lowest BCUT2D eigenvalue weighted by molar-refractivity contribution is 0.0982. The number of guanidine groups is 1. The molecule has 144 valence electrons. The minimum atomic E-state index is 0. The van der Waals surface area contributed by atoms with Crippen LogP contribution in [0.1, 0.15) is 63.6 Å². The highest BCUT2D eigenvalue weighted by atomic mass is 127. The number of hydrogen-bond donors (Lipinski definition) is 2. The Hall–Kier alpha value is -0.410. The molecule has 1 aliphatic rings. The Morgan fingerprint density at radius 1 is 1.28 bits per heavy atom. The van der Waals surface area contributed by atoms with E-state index >= 15 is 0 Å². The van der Waals surface area contributed by atoms with Crippen molar-refractivity contribution in [1.29, 1.82) is 0 Å². The number of nitrogens with one attached hydrogen (secondary N) is 2. The Balaban J connectivity index is 0.00000312. The van der Waals surface area contributed by atoms with Gasteiger partial charge in [0.25, 0.3) is 0 Å². The number of aromatic nitrogens is 1. The smallest absolute Gasteiger partial charge is 0.191 e. The van der Waals surface area contributed by atoms with Crippen LogP contribution in [0.4, 0.5) is 0 Å². The van der Waals surface area contributed by atoms with Crippen LogP contribution >= 0.6 is 35.3 Å². The number of aliphatic imine (C=N–C) groups is 1. The molecule has 0 bridgehead atoms. The van der Waals surface area contributed by atoms with Crippen LogP contribution in [0.5, 0.6) is 0 Å². The van der Waals surface area contributed by atoms with Gasteiger partial charge in [0.05, 0.1) is 12.2 Å². The van der Waals surface area contributed by atoms with Gasteiger partial charge in [0.2, 0.25) is 0 Å². The van der Waals surface area contributed by atoms with E-state index in [9.17, 15) is 0 Å². The molecule has 2 rings (SSSR count). The molecule has 0 amide bonds. The van der Waals surface area contributed by atoms with Crippen molar-refractivity contribution < 1.29 is 0 Å². The SMILES string of the molecule is CN=C(NCc1nc(C(C)C)cs1)NCC(C)(C)N1CCCCC1.I. The second kappa shape index (κ2) is 10.7. The molecule has 1 aromatic heterocycles. The fourth-order valence-electron chi connectivity index (χ4n) is 2.96. The van der Waals surface area contributed by atoms with E-state index in [4.69, 9.17) is 0 Å². The van der Waals surface area contributed by atoms with Gasteiger partial charge in [0.1, 0.15) is 5.01 Å². The Morgan fingerprint density at radius 2 is 1.96 bits per heavy atom. The van der Waals surface area contributed by atoms with E-state index in [2.05, 4.69) is 58.6 Å². The molecule has 0 unspecified atom stereocenters. The van der Waals surface area contributed by atoms with E-state index in [1.807, 2.05) is 7.05 Å². The van der Waals surface area contributed by atoms with Crippen molar-refractivity contribution in [2.45, 2.75) is 65.0 Å². The first-order valence-electron chi connectivity index (χ1n) is 9.06. The Kier molecular flexibility index (Phi) is 9.66. The molecule has 0 aliphatic carbocycles. The lowest BCUT2D eigenvalue weighted by Gasteiger charge is -2.41. The molecule has 0 atom stereocenters. The van der Waals surface area contributed by atoms with Crippen LogP contribution < -0.4 is 10.6 Å². The third-order valence-electron chi connectivity index (χ3n) is 4.69. The zero-order valence-electron chi connectivity index (χ0n) is 16.3. The molecule has 5 nitrogen and oxygen atoms in total. The summed E-state index contributed by atoms with van der Waals surface area (Å²) in [5, 5.41) is 10.1. The lowest BCUT2D eigenvalue weighted by Crippen LogP contribution is -2.54. The zero-order valence-corrected chi connectivity index (χ0v) is 19.4. The molecule has 2 N–H and O–H groups in total. The molecule has 0 aromatic carbocycles. The molecule has 1 fully saturated rings. The first-order valence-corrected chi connectivity index (χ1v) is 9.94. The standard InChI is InChI=1S/C18H33N5S.HI/c1-14(2)15-12-24-16(22-15)11-20-17(19-5)21-13-18(3,4)23-9-7-6-8-10-23;/h12,14H,6-11,13H2,1-5H3,(H2,19,20,21);1H. The number of hydrogen-bond acceptors (Lipinski definition) is 4. The largest absolute Gasteiger partial charge is 0.355 e. The van der Waals surface area contributed by atoms with Crippen molar-refractivity contribution in [2.24, 2.45) is 4.99 Å². The summed E-state index contributed by atoms with van der Waals surface area (Å²) in [6, 6.07) is 0. The minimum absolute atomic E-state index is 0. The van der Waals surface area contributed by atoms with Crippen molar-refractivity contribution in [3.05, 3.63) is 16.1 Å². The number of nitrogens with zero attached hydrogens (tertiary/aromatic N) is 3. The van der Waals surface area contributed by atoms with Crippen LogP contribution in [0, 0.1) is 0 Å². The van der Waals surface area contributed by atoms with Gasteiger partial charge in [-0.05, 0) is 45.7 Å². The van der Waals surface area contributed by atoms with Gasteiger partial charge in [-0.3, -0.25) is 9.89 Å². The summed E-state index contributed by atoms with van der Waals surface area (Å²) >= 11 is 1.71. The van der Waals surface area contributed by atoms with E-state index in [1.54, 1.807) is 11.3 Å². The fourth-order valence-corrected chi connectivity index (χ4v) is 3.86. The second-order valence-electron chi connectivity index (χ2n) is 7.46. The van der Waals surface area contributed by atoms with E-state index in [-0.39, 0.29) is 29.5 Å². The molecule has 0 radical (unpaired) electrons. The summed E-state index contributed by atoms with van der Waals surface area (Å²) in [6.45, 7) is 13.0. The first-order chi connectivity index (χ1) is 11.4. The van der Waals surface area contributed by atoms with Crippen LogP contribution in [0.25, 0.3) is 0 Å². The summed E-state index contributed by atoms with van der Waals surface area (Å²) < 4.78 is 0. The number of halogens is 1. The van der Waals surface area contributed by atoms with Gasteiger partial charge in [-0.15, -0.1) is 35.3 Å². The quantitative estimate of drug-likeness (QED) is 0.370. The van der Waals surface area contributed by atoms with Gasteiger partial charge in [-0.25, -0.2) is 4.98 Å². The zero-order chi connectivity index (χ0) is 17.6. The molecule has 2 heterocycles. The third kappa shape index (κ3) is 7.02. The molecular formula is C18H34IN5S. The molecule has 1 aromatic rings. The number of piperidine rings is 1. The van der Waals surface area contributed by atoms with Crippen LogP contribution in [0.15, 0.2) is 10.4 Å². The number of thiazole rings is 1. The van der Waals surface area contributed by atoms with Gasteiger partial charge in [0.15, 0.2) is 5.96 Å². The first kappa shape index (κ1) is 22.6. The van der Waals surface area contributed by atoms with Crippen molar-refractivity contribution >= 4 is 41.3 Å². The lowest BCUT2D eigenvalue weighted by atomic mass is 9.98. The fraction of sp³-hybridized carbons (Fsp3) is 0.778. The highest BCUT2D eigenvalue weighted by Gasteiger charge is 2.27. The monoisotopic (exact) mass is 479 g/mol. The Bertz CT molecular complexity index is 535. The van der Waals surface area contributed by atoms with Crippen molar-refractivity contribution in [1.82, 2.24) is 20.5 Å². The van der Waals surface area contributed by atoms with Crippen LogP contribution in [-0.2, 0) is 6.54 Å². The van der Waals surface area contributed by atoms with Gasteiger partial charge in [-0.1, -0.05) is 20.3 Å². The predicted octanol–water partition coefficient (Wildman–Crippen LogP) is 3.81. The van der Waals surface area contributed by atoms with Crippen molar-refractivity contribution in [3.63, 3.8) is 0 Å². The summed E-state index contributed by atoms with van der Waals surface area (Å²) in [6.07, 6.45) is 4.01. The van der Waals surface area contributed by atoms with Gasteiger partial charge < -0.3 is 10.6 Å². The average molecular weight is 479 g/mol. The van der Waals surface area contributed by atoms with Crippen molar-refractivity contribution in [3.8, 4) is 0 Å². The number of likely N-dealkylation sites (tertiary alicyclic amines) is 1. The number of rotatable bonds is 6. The van der Waals surface area contributed by atoms with Crippen molar-refractivity contribution in [2.75, 3.05) is 26.7 Å². The molecule has 1 aliphatic heterocycles. The second-order valence-corrected chi connectivity index (χ2v) is 8.40. The molecule has 25 heavy (non-hydrogen) atoms. The highest BCUT2D eigenvalue weighted by molar-refractivity contribution is 14.0. The van der Waals surface area contributed by atoms with E-state index in [1.165, 1.54) is 38.0 Å². The third-order valence-corrected chi connectivity index (χ3v) is 5.56. The maximum atomic E-state index is 4.66. The van der Waals surface area contributed by atoms with E-state index in [0.717, 1.165) is 24.1 Å². The summed E-state index contributed by atoms with van der Waals surface area (Å²) in [5.41, 5.74) is 1.32. The van der Waals surface area contributed by atoms with Gasteiger partial charge >= 0.3 is 0 Å². The molecular weight excluding hydrogens is 445 g/mol. The Labute approximate surface area is 174 Å². The van der Waals surface area contributed by atoms with Gasteiger partial charge in [0, 0.05) is 24.5 Å². The Morgan fingerprint density at radius 3 is 2.52 bits per heavy atom. The maximum Gasteiger partial charge on any atom is 0.191 e. The maximum absolute atomic E-state index is 4.66. The molecule has 0 spiro atoms. The predicted molar refractivity (Wildman–Crippen MR) is 119 cm³/mol. The summed E-state index contributed by atoms with van der Waals surface area (Å²) in [7, 11) is 1.82. The van der Waals surface area contributed by atoms with Crippen LogP contribution in [0.3, 0.4) is 0 Å². The topological polar surface area (TPSA) is 52.6 Å². The van der Waals surface area contributed by atoms with Crippen LogP contribution in [-0.4, -0.2) is 48.1 Å². The summed E-state index contributed by atoms with van der Waals surface area (Å²) in [5.74, 6) is 1.33.